The van der Waals surface area contributed by atoms with Gasteiger partial charge in [-0.05, 0) is 32.4 Å². The maximum atomic E-state index is 12.0. The van der Waals surface area contributed by atoms with Gasteiger partial charge < -0.3 is 14.0 Å². The van der Waals surface area contributed by atoms with Gasteiger partial charge in [0.25, 0.3) is 0 Å². The van der Waals surface area contributed by atoms with Crippen molar-refractivity contribution in [3.05, 3.63) is 35.5 Å². The lowest BCUT2D eigenvalue weighted by atomic mass is 10.1. The molecule has 0 fully saturated rings. The first-order valence-electron chi connectivity index (χ1n) is 7.65. The third kappa shape index (κ3) is 4.05. The van der Waals surface area contributed by atoms with Crippen molar-refractivity contribution >= 4 is 34.4 Å². The highest BCUT2D eigenvalue weighted by Gasteiger charge is 2.29. The van der Waals surface area contributed by atoms with Crippen molar-refractivity contribution in [3.8, 4) is 0 Å². The molecule has 1 heterocycles. The standard InChI is InChI=1S/C17H20ClNO4/c1-3-22-16(20)13(17(21)23-4-2)9-10-19-14-8-6-5-7-12(14)11-15(19)18/h5-8,11,13H,3-4,9-10H2,1-2H3. The Morgan fingerprint density at radius 1 is 1.13 bits per heavy atom. The van der Waals surface area contributed by atoms with E-state index >= 15 is 0 Å². The number of para-hydroxylation sites is 1. The Morgan fingerprint density at radius 3 is 2.35 bits per heavy atom. The Labute approximate surface area is 140 Å². The highest BCUT2D eigenvalue weighted by molar-refractivity contribution is 6.30. The molecule has 2 rings (SSSR count). The number of aryl methyl sites for hydroxylation is 1. The monoisotopic (exact) mass is 337 g/mol. The molecule has 0 atom stereocenters. The zero-order chi connectivity index (χ0) is 16.8. The Morgan fingerprint density at radius 2 is 1.74 bits per heavy atom. The summed E-state index contributed by atoms with van der Waals surface area (Å²) < 4.78 is 11.8. The van der Waals surface area contributed by atoms with E-state index in [2.05, 4.69) is 0 Å². The summed E-state index contributed by atoms with van der Waals surface area (Å²) in [6, 6.07) is 9.63. The van der Waals surface area contributed by atoms with Crippen molar-refractivity contribution < 1.29 is 19.1 Å². The minimum atomic E-state index is -0.938. The van der Waals surface area contributed by atoms with Crippen LogP contribution < -0.4 is 0 Å². The van der Waals surface area contributed by atoms with Crippen LogP contribution >= 0.6 is 11.6 Å². The summed E-state index contributed by atoms with van der Waals surface area (Å²) >= 11 is 6.26. The zero-order valence-corrected chi connectivity index (χ0v) is 14.0. The zero-order valence-electron chi connectivity index (χ0n) is 13.3. The Kier molecular flexibility index (Phi) is 6.04. The molecule has 6 heteroatoms. The molecule has 2 aromatic rings. The fourth-order valence-electron chi connectivity index (χ4n) is 2.48. The molecular weight excluding hydrogens is 318 g/mol. The van der Waals surface area contributed by atoms with E-state index in [-0.39, 0.29) is 19.6 Å². The molecule has 5 nitrogen and oxygen atoms in total. The second-order valence-electron chi connectivity index (χ2n) is 5.02. The number of aromatic nitrogens is 1. The number of benzene rings is 1. The van der Waals surface area contributed by atoms with E-state index in [1.54, 1.807) is 13.8 Å². The van der Waals surface area contributed by atoms with Crippen molar-refractivity contribution in [3.63, 3.8) is 0 Å². The molecule has 124 valence electrons. The molecule has 0 amide bonds. The first-order valence-corrected chi connectivity index (χ1v) is 8.03. The SMILES string of the molecule is CCOC(=O)C(CCn1c(Cl)cc2ccccc21)C(=O)OCC. The van der Waals surface area contributed by atoms with Crippen LogP contribution in [0.1, 0.15) is 20.3 Å². The summed E-state index contributed by atoms with van der Waals surface area (Å²) in [7, 11) is 0. The smallest absolute Gasteiger partial charge is 0.320 e. The van der Waals surface area contributed by atoms with Crippen LogP contribution in [0.2, 0.25) is 5.15 Å². The predicted octanol–water partition coefficient (Wildman–Crippen LogP) is 3.43. The number of esters is 2. The van der Waals surface area contributed by atoms with E-state index in [9.17, 15) is 9.59 Å². The molecule has 1 aromatic heterocycles. The summed E-state index contributed by atoms with van der Waals surface area (Å²) in [6.45, 7) is 4.28. The molecule has 0 N–H and O–H groups in total. The first-order chi connectivity index (χ1) is 11.1. The van der Waals surface area contributed by atoms with Crippen LogP contribution in [-0.2, 0) is 25.6 Å². The minimum absolute atomic E-state index is 0.224. The van der Waals surface area contributed by atoms with Gasteiger partial charge in [0.2, 0.25) is 0 Å². The highest BCUT2D eigenvalue weighted by Crippen LogP contribution is 2.25. The van der Waals surface area contributed by atoms with Gasteiger partial charge in [-0.3, -0.25) is 9.59 Å². The van der Waals surface area contributed by atoms with Gasteiger partial charge in [0.1, 0.15) is 5.15 Å². The van der Waals surface area contributed by atoms with E-state index in [0.717, 1.165) is 10.9 Å². The number of carbonyl (C=O) groups is 2. The van der Waals surface area contributed by atoms with Gasteiger partial charge in [-0.1, -0.05) is 29.8 Å². The molecule has 0 unspecified atom stereocenters. The third-order valence-electron chi connectivity index (χ3n) is 3.54. The van der Waals surface area contributed by atoms with Crippen LogP contribution in [0.3, 0.4) is 0 Å². The predicted molar refractivity (Wildman–Crippen MR) is 88.3 cm³/mol. The quantitative estimate of drug-likeness (QED) is 0.573. The lowest BCUT2D eigenvalue weighted by Gasteiger charge is -2.15. The average Bonchev–Trinajstić information content (AvgIpc) is 2.84. The van der Waals surface area contributed by atoms with E-state index < -0.39 is 17.9 Å². The van der Waals surface area contributed by atoms with Gasteiger partial charge in [-0.15, -0.1) is 0 Å². The highest BCUT2D eigenvalue weighted by atomic mass is 35.5. The van der Waals surface area contributed by atoms with E-state index in [1.807, 2.05) is 34.9 Å². The molecule has 0 saturated carbocycles. The number of fused-ring (bicyclic) bond motifs is 1. The van der Waals surface area contributed by atoms with Crippen molar-refractivity contribution in [2.24, 2.45) is 5.92 Å². The molecule has 0 radical (unpaired) electrons. The largest absolute Gasteiger partial charge is 0.465 e. The molecular formula is C17H20ClNO4. The minimum Gasteiger partial charge on any atom is -0.465 e. The number of hydrogen-bond donors (Lipinski definition) is 0. The van der Waals surface area contributed by atoms with Crippen molar-refractivity contribution in [1.82, 2.24) is 4.57 Å². The molecule has 23 heavy (non-hydrogen) atoms. The van der Waals surface area contributed by atoms with Crippen LogP contribution in [0.5, 0.6) is 0 Å². The molecule has 0 saturated heterocycles. The van der Waals surface area contributed by atoms with Crippen molar-refractivity contribution in [2.75, 3.05) is 13.2 Å². The van der Waals surface area contributed by atoms with Crippen LogP contribution in [0, 0.1) is 5.92 Å². The summed E-state index contributed by atoms with van der Waals surface area (Å²) in [4.78, 5) is 24.0. The number of hydrogen-bond acceptors (Lipinski definition) is 4. The summed E-state index contributed by atoms with van der Waals surface area (Å²) in [5, 5.41) is 1.58. The normalized spacial score (nSPS) is 11.0. The molecule has 0 aliphatic heterocycles. The van der Waals surface area contributed by atoms with Gasteiger partial charge in [-0.2, -0.15) is 0 Å². The molecule has 1 aromatic carbocycles. The Balaban J connectivity index is 2.17. The second-order valence-corrected chi connectivity index (χ2v) is 5.41. The first kappa shape index (κ1) is 17.3. The lowest BCUT2D eigenvalue weighted by Crippen LogP contribution is -2.29. The van der Waals surface area contributed by atoms with Crippen LogP contribution in [-0.4, -0.2) is 29.7 Å². The second kappa shape index (κ2) is 8.02. The fraction of sp³-hybridized carbons (Fsp3) is 0.412. The van der Waals surface area contributed by atoms with Crippen LogP contribution in [0.25, 0.3) is 10.9 Å². The number of rotatable bonds is 7. The van der Waals surface area contributed by atoms with Crippen molar-refractivity contribution in [1.29, 1.82) is 0 Å². The van der Waals surface area contributed by atoms with Gasteiger partial charge in [0.15, 0.2) is 5.92 Å². The van der Waals surface area contributed by atoms with E-state index in [4.69, 9.17) is 21.1 Å². The summed E-state index contributed by atoms with van der Waals surface area (Å²) in [6.07, 6.45) is 0.274. The summed E-state index contributed by atoms with van der Waals surface area (Å²) in [5.74, 6) is -2.05. The number of nitrogens with zero attached hydrogens (tertiary/aromatic N) is 1. The number of ether oxygens (including phenoxy) is 2. The third-order valence-corrected chi connectivity index (χ3v) is 3.86. The van der Waals surface area contributed by atoms with Gasteiger partial charge >= 0.3 is 11.9 Å². The van der Waals surface area contributed by atoms with Crippen molar-refractivity contribution in [2.45, 2.75) is 26.8 Å². The maximum absolute atomic E-state index is 12.0. The molecule has 0 aliphatic rings. The molecule has 0 spiro atoms. The molecule has 0 bridgehead atoms. The maximum Gasteiger partial charge on any atom is 0.320 e. The summed E-state index contributed by atoms with van der Waals surface area (Å²) in [5.41, 5.74) is 0.962. The van der Waals surface area contributed by atoms with E-state index in [0.29, 0.717) is 11.7 Å². The number of halogens is 1. The Bertz CT molecular complexity index is 677. The lowest BCUT2D eigenvalue weighted by molar-refractivity contribution is -0.162. The average molecular weight is 338 g/mol. The Hall–Kier alpha value is -2.01. The number of carbonyl (C=O) groups excluding carboxylic acids is 2. The van der Waals surface area contributed by atoms with Gasteiger partial charge in [0, 0.05) is 17.4 Å². The van der Waals surface area contributed by atoms with Gasteiger partial charge in [0.05, 0.1) is 13.2 Å². The molecule has 0 aliphatic carbocycles. The topological polar surface area (TPSA) is 57.5 Å². The fourth-order valence-corrected chi connectivity index (χ4v) is 2.77. The van der Waals surface area contributed by atoms with Crippen LogP contribution in [0.4, 0.5) is 0 Å². The van der Waals surface area contributed by atoms with Gasteiger partial charge in [-0.25, -0.2) is 0 Å². The van der Waals surface area contributed by atoms with Crippen LogP contribution in [0.15, 0.2) is 30.3 Å². The van der Waals surface area contributed by atoms with E-state index in [1.165, 1.54) is 0 Å².